The van der Waals surface area contributed by atoms with Gasteiger partial charge in [-0.3, -0.25) is 9.79 Å². The molecule has 1 heterocycles. The van der Waals surface area contributed by atoms with Crippen LogP contribution in [0.15, 0.2) is 41.9 Å². The van der Waals surface area contributed by atoms with Crippen LogP contribution in [0.5, 0.6) is 0 Å². The van der Waals surface area contributed by atoms with Gasteiger partial charge in [0.05, 0.1) is 0 Å². The first-order valence-corrected chi connectivity index (χ1v) is 5.34. The molecular formula is C13H14N2O. The lowest BCUT2D eigenvalue weighted by Gasteiger charge is -2.15. The third-order valence-corrected chi connectivity index (χ3v) is 2.55. The molecule has 0 unspecified atom stereocenters. The lowest BCUT2D eigenvalue weighted by molar-refractivity contribution is -0.114. The normalized spacial score (nSPS) is 13.6. The lowest BCUT2D eigenvalue weighted by atomic mass is 9.97. The van der Waals surface area contributed by atoms with Crippen molar-refractivity contribution in [2.24, 2.45) is 4.99 Å². The molecule has 1 aliphatic heterocycles. The Bertz CT molecular complexity index is 449. The highest BCUT2D eigenvalue weighted by Crippen LogP contribution is 2.15. The van der Waals surface area contributed by atoms with Crippen LogP contribution in [0.1, 0.15) is 11.1 Å². The minimum atomic E-state index is -0.118. The summed E-state index contributed by atoms with van der Waals surface area (Å²) in [6, 6.07) is 7.91. The summed E-state index contributed by atoms with van der Waals surface area (Å²) < 4.78 is 0. The first-order chi connectivity index (χ1) is 7.83. The Labute approximate surface area is 94.9 Å². The second-order valence-electron chi connectivity index (χ2n) is 3.64. The van der Waals surface area contributed by atoms with Gasteiger partial charge in [-0.2, -0.15) is 0 Å². The number of hydrogen-bond donors (Lipinski definition) is 1. The van der Waals surface area contributed by atoms with Crippen LogP contribution in [-0.2, 0) is 11.2 Å². The topological polar surface area (TPSA) is 41.5 Å². The molecule has 3 heteroatoms. The predicted octanol–water partition coefficient (Wildman–Crippen LogP) is 1.33. The van der Waals surface area contributed by atoms with Crippen LogP contribution in [0.25, 0.3) is 0 Å². The van der Waals surface area contributed by atoms with Crippen molar-refractivity contribution in [3.8, 4) is 0 Å². The van der Waals surface area contributed by atoms with Crippen molar-refractivity contribution in [3.63, 3.8) is 0 Å². The summed E-state index contributed by atoms with van der Waals surface area (Å²) >= 11 is 0. The van der Waals surface area contributed by atoms with Crippen molar-refractivity contribution in [2.45, 2.75) is 6.42 Å². The van der Waals surface area contributed by atoms with Crippen LogP contribution >= 0.6 is 0 Å². The van der Waals surface area contributed by atoms with E-state index in [9.17, 15) is 4.79 Å². The fraction of sp³-hybridized carbons (Fsp3) is 0.231. The van der Waals surface area contributed by atoms with E-state index in [1.54, 1.807) is 6.08 Å². The number of carbonyl (C=O) groups is 1. The molecule has 16 heavy (non-hydrogen) atoms. The monoisotopic (exact) mass is 214 g/mol. The molecular weight excluding hydrogens is 200 g/mol. The second-order valence-corrected chi connectivity index (χ2v) is 3.64. The third kappa shape index (κ3) is 2.03. The van der Waals surface area contributed by atoms with Crippen LogP contribution in [0, 0.1) is 0 Å². The Morgan fingerprint density at radius 2 is 2.31 bits per heavy atom. The molecule has 3 nitrogen and oxygen atoms in total. The number of aliphatic imine (C=N–C) groups is 1. The third-order valence-electron chi connectivity index (χ3n) is 2.55. The van der Waals surface area contributed by atoms with Crippen LogP contribution in [0.4, 0.5) is 0 Å². The van der Waals surface area contributed by atoms with Gasteiger partial charge in [-0.25, -0.2) is 0 Å². The van der Waals surface area contributed by atoms with E-state index in [4.69, 9.17) is 0 Å². The minimum absolute atomic E-state index is 0.118. The largest absolute Gasteiger partial charge is 0.347 e. The fourth-order valence-corrected chi connectivity index (χ4v) is 1.79. The van der Waals surface area contributed by atoms with Crippen LogP contribution in [0.2, 0.25) is 0 Å². The summed E-state index contributed by atoms with van der Waals surface area (Å²) in [5.41, 5.74) is 2.69. The number of fused-ring (bicyclic) bond motifs is 1. The lowest BCUT2D eigenvalue weighted by Crippen LogP contribution is -2.33. The SMILES string of the molecule is C=CCNC(=O)C1=NCCc2ccccc21. The number of amides is 1. The summed E-state index contributed by atoms with van der Waals surface area (Å²) in [5.74, 6) is -0.118. The maximum absolute atomic E-state index is 11.8. The zero-order chi connectivity index (χ0) is 11.4. The molecule has 0 fully saturated rings. The van der Waals surface area contributed by atoms with E-state index < -0.39 is 0 Å². The van der Waals surface area contributed by atoms with E-state index in [0.29, 0.717) is 18.8 Å². The van der Waals surface area contributed by atoms with Crippen LogP contribution in [-0.4, -0.2) is 24.7 Å². The van der Waals surface area contributed by atoms with Crippen molar-refractivity contribution in [3.05, 3.63) is 48.0 Å². The van der Waals surface area contributed by atoms with Gasteiger partial charge in [0, 0.05) is 18.7 Å². The van der Waals surface area contributed by atoms with E-state index in [1.165, 1.54) is 5.56 Å². The van der Waals surface area contributed by atoms with Crippen molar-refractivity contribution >= 4 is 11.6 Å². The maximum atomic E-state index is 11.8. The summed E-state index contributed by atoms with van der Waals surface area (Å²) in [7, 11) is 0. The smallest absolute Gasteiger partial charge is 0.270 e. The van der Waals surface area contributed by atoms with Gasteiger partial charge in [-0.05, 0) is 12.0 Å². The minimum Gasteiger partial charge on any atom is -0.347 e. The average Bonchev–Trinajstić information content (AvgIpc) is 2.35. The van der Waals surface area contributed by atoms with Crippen molar-refractivity contribution in [2.75, 3.05) is 13.1 Å². The molecule has 0 aromatic heterocycles. The Hall–Kier alpha value is -1.90. The van der Waals surface area contributed by atoms with Crippen molar-refractivity contribution < 1.29 is 4.79 Å². The van der Waals surface area contributed by atoms with Gasteiger partial charge >= 0.3 is 0 Å². The fourth-order valence-electron chi connectivity index (χ4n) is 1.79. The summed E-state index contributed by atoms with van der Waals surface area (Å²) in [6.45, 7) is 4.73. The van der Waals surface area contributed by atoms with Gasteiger partial charge in [0.15, 0.2) is 0 Å². The van der Waals surface area contributed by atoms with E-state index in [1.807, 2.05) is 24.3 Å². The van der Waals surface area contributed by atoms with Gasteiger partial charge in [0.25, 0.3) is 5.91 Å². The highest BCUT2D eigenvalue weighted by atomic mass is 16.1. The van der Waals surface area contributed by atoms with Crippen LogP contribution < -0.4 is 5.32 Å². The van der Waals surface area contributed by atoms with E-state index in [0.717, 1.165) is 12.0 Å². The molecule has 0 radical (unpaired) electrons. The van der Waals surface area contributed by atoms with E-state index in [2.05, 4.69) is 16.9 Å². The number of nitrogens with zero attached hydrogens (tertiary/aromatic N) is 1. The second kappa shape index (κ2) is 4.75. The number of benzene rings is 1. The van der Waals surface area contributed by atoms with Gasteiger partial charge in [0.1, 0.15) is 5.71 Å². The maximum Gasteiger partial charge on any atom is 0.270 e. The molecule has 1 aromatic carbocycles. The Morgan fingerprint density at radius 3 is 3.12 bits per heavy atom. The standard InChI is InChI=1S/C13H14N2O/c1-2-8-15-13(16)12-11-6-4-3-5-10(11)7-9-14-12/h2-6H,1,7-9H2,(H,15,16). The first-order valence-electron chi connectivity index (χ1n) is 5.34. The van der Waals surface area contributed by atoms with Gasteiger partial charge in [0.2, 0.25) is 0 Å². The first kappa shape index (κ1) is 10.6. The quantitative estimate of drug-likeness (QED) is 0.758. The molecule has 0 aliphatic carbocycles. The highest BCUT2D eigenvalue weighted by molar-refractivity contribution is 6.45. The number of carbonyl (C=O) groups excluding carboxylic acids is 1. The number of rotatable bonds is 3. The molecule has 2 rings (SSSR count). The molecule has 0 atom stereocenters. The molecule has 1 aromatic rings. The zero-order valence-corrected chi connectivity index (χ0v) is 9.07. The summed E-state index contributed by atoms with van der Waals surface area (Å²) in [4.78, 5) is 16.1. The molecule has 0 bridgehead atoms. The van der Waals surface area contributed by atoms with Gasteiger partial charge in [-0.15, -0.1) is 6.58 Å². The Kier molecular flexibility index (Phi) is 3.15. The van der Waals surface area contributed by atoms with Crippen molar-refractivity contribution in [1.82, 2.24) is 5.32 Å². The summed E-state index contributed by atoms with van der Waals surface area (Å²) in [6.07, 6.45) is 2.57. The zero-order valence-electron chi connectivity index (χ0n) is 9.07. The summed E-state index contributed by atoms with van der Waals surface area (Å²) in [5, 5.41) is 2.76. The predicted molar refractivity (Wildman–Crippen MR) is 64.8 cm³/mol. The molecule has 1 N–H and O–H groups in total. The Balaban J connectivity index is 2.25. The molecule has 0 spiro atoms. The molecule has 0 saturated carbocycles. The average molecular weight is 214 g/mol. The van der Waals surface area contributed by atoms with Gasteiger partial charge < -0.3 is 5.32 Å². The van der Waals surface area contributed by atoms with E-state index in [-0.39, 0.29) is 5.91 Å². The molecule has 1 amide bonds. The highest BCUT2D eigenvalue weighted by Gasteiger charge is 2.19. The van der Waals surface area contributed by atoms with Crippen molar-refractivity contribution in [1.29, 1.82) is 0 Å². The van der Waals surface area contributed by atoms with Gasteiger partial charge in [-0.1, -0.05) is 30.3 Å². The number of hydrogen-bond acceptors (Lipinski definition) is 2. The molecule has 0 saturated heterocycles. The molecule has 1 aliphatic rings. The van der Waals surface area contributed by atoms with Crippen LogP contribution in [0.3, 0.4) is 0 Å². The molecule has 82 valence electrons. The Morgan fingerprint density at radius 1 is 1.50 bits per heavy atom. The number of nitrogens with one attached hydrogen (secondary N) is 1. The van der Waals surface area contributed by atoms with E-state index >= 15 is 0 Å².